The molecular formula is C27H23NO7. The molecule has 0 bridgehead atoms. The van der Waals surface area contributed by atoms with Crippen LogP contribution in [0.3, 0.4) is 0 Å². The van der Waals surface area contributed by atoms with Gasteiger partial charge < -0.3 is 19.1 Å². The van der Waals surface area contributed by atoms with Gasteiger partial charge in [0, 0.05) is 30.3 Å². The fourth-order valence-corrected chi connectivity index (χ4v) is 3.68. The zero-order valence-corrected chi connectivity index (χ0v) is 19.0. The summed E-state index contributed by atoms with van der Waals surface area (Å²) >= 11 is 0. The van der Waals surface area contributed by atoms with Crippen LogP contribution in [0.15, 0.2) is 78.9 Å². The second kappa shape index (κ2) is 10.6. The van der Waals surface area contributed by atoms with E-state index in [1.165, 1.54) is 36.3 Å². The highest BCUT2D eigenvalue weighted by molar-refractivity contribution is 6.01. The Morgan fingerprint density at radius 3 is 2.34 bits per heavy atom. The lowest BCUT2D eigenvalue weighted by molar-refractivity contribution is -0.147. The largest absolute Gasteiger partial charge is 0.497 e. The number of hydrogen-bond acceptors (Lipinski definition) is 7. The molecule has 1 heterocycles. The molecule has 3 aromatic carbocycles. The van der Waals surface area contributed by atoms with E-state index in [9.17, 15) is 19.2 Å². The summed E-state index contributed by atoms with van der Waals surface area (Å²) in [6, 6.07) is 21.5. The van der Waals surface area contributed by atoms with Crippen molar-refractivity contribution in [3.8, 4) is 11.5 Å². The number of amides is 1. The fraction of sp³-hybridized carbons (Fsp3) is 0.185. The summed E-state index contributed by atoms with van der Waals surface area (Å²) in [5.41, 5.74) is 1.35. The van der Waals surface area contributed by atoms with Crippen molar-refractivity contribution >= 4 is 29.3 Å². The first-order valence-electron chi connectivity index (χ1n) is 11.0. The zero-order chi connectivity index (χ0) is 24.8. The Hall–Kier alpha value is -4.46. The monoisotopic (exact) mass is 473 g/mol. The summed E-state index contributed by atoms with van der Waals surface area (Å²) in [4.78, 5) is 51.0. The Kier molecular flexibility index (Phi) is 7.21. The third kappa shape index (κ3) is 5.73. The quantitative estimate of drug-likeness (QED) is 0.279. The molecule has 3 aromatic rings. The molecule has 1 amide bonds. The van der Waals surface area contributed by atoms with E-state index < -0.39 is 30.2 Å². The van der Waals surface area contributed by atoms with Gasteiger partial charge >= 0.3 is 11.9 Å². The molecule has 0 aromatic heterocycles. The molecule has 178 valence electrons. The Bertz CT molecular complexity index is 1240. The van der Waals surface area contributed by atoms with Crippen LogP contribution in [0.1, 0.15) is 27.1 Å². The van der Waals surface area contributed by atoms with Crippen molar-refractivity contribution < 1.29 is 33.4 Å². The van der Waals surface area contributed by atoms with E-state index in [0.717, 1.165) is 0 Å². The molecule has 0 N–H and O–H groups in total. The van der Waals surface area contributed by atoms with Crippen molar-refractivity contribution in [1.29, 1.82) is 0 Å². The van der Waals surface area contributed by atoms with E-state index in [0.29, 0.717) is 22.6 Å². The van der Waals surface area contributed by atoms with E-state index in [1.807, 2.05) is 0 Å². The van der Waals surface area contributed by atoms with Gasteiger partial charge in [-0.3, -0.25) is 14.4 Å². The topological polar surface area (TPSA) is 99.2 Å². The number of hydrogen-bond donors (Lipinski definition) is 0. The first kappa shape index (κ1) is 23.7. The fourth-order valence-electron chi connectivity index (χ4n) is 3.68. The predicted molar refractivity (Wildman–Crippen MR) is 127 cm³/mol. The first-order valence-corrected chi connectivity index (χ1v) is 11.0. The summed E-state index contributed by atoms with van der Waals surface area (Å²) in [5.74, 6) is -1.50. The van der Waals surface area contributed by atoms with Crippen LogP contribution in [-0.2, 0) is 14.3 Å². The van der Waals surface area contributed by atoms with Gasteiger partial charge in [-0.2, -0.15) is 0 Å². The second-order valence-corrected chi connectivity index (χ2v) is 7.92. The van der Waals surface area contributed by atoms with Crippen LogP contribution in [-0.4, -0.2) is 43.9 Å². The molecular weight excluding hydrogens is 450 g/mol. The number of esters is 2. The van der Waals surface area contributed by atoms with Gasteiger partial charge in [0.25, 0.3) is 0 Å². The van der Waals surface area contributed by atoms with Crippen molar-refractivity contribution in [2.75, 3.05) is 25.2 Å². The molecule has 1 atom stereocenters. The number of ether oxygens (including phenoxy) is 3. The Labute approximate surface area is 202 Å². The number of rotatable bonds is 8. The average Bonchev–Trinajstić information content (AvgIpc) is 3.29. The highest BCUT2D eigenvalue weighted by Gasteiger charge is 2.36. The number of ketones is 1. The van der Waals surface area contributed by atoms with Crippen LogP contribution in [0.4, 0.5) is 5.69 Å². The van der Waals surface area contributed by atoms with Crippen molar-refractivity contribution in [3.63, 3.8) is 0 Å². The summed E-state index contributed by atoms with van der Waals surface area (Å²) in [7, 11) is 1.53. The molecule has 0 aliphatic carbocycles. The lowest BCUT2D eigenvalue weighted by Crippen LogP contribution is -2.27. The number of Topliss-reactive ketones (excluding diaryl/α,β-unsaturated/α-hetero) is 1. The maximum atomic E-state index is 12.5. The molecule has 4 rings (SSSR count). The Morgan fingerprint density at radius 1 is 0.886 bits per heavy atom. The smallest absolute Gasteiger partial charge is 0.343 e. The van der Waals surface area contributed by atoms with Crippen molar-refractivity contribution in [2.45, 2.75) is 6.42 Å². The normalized spacial score (nSPS) is 14.9. The van der Waals surface area contributed by atoms with Crippen molar-refractivity contribution in [3.05, 3.63) is 90.0 Å². The van der Waals surface area contributed by atoms with Gasteiger partial charge in [-0.15, -0.1) is 0 Å². The minimum atomic E-state index is -0.665. The van der Waals surface area contributed by atoms with Crippen molar-refractivity contribution in [1.82, 2.24) is 0 Å². The summed E-state index contributed by atoms with van der Waals surface area (Å²) in [6.45, 7) is -0.285. The summed E-state index contributed by atoms with van der Waals surface area (Å²) in [6.07, 6.45) is 0.00567. The lowest BCUT2D eigenvalue weighted by atomic mass is 10.1. The van der Waals surface area contributed by atoms with Crippen LogP contribution in [0, 0.1) is 5.92 Å². The van der Waals surface area contributed by atoms with Crippen molar-refractivity contribution in [2.24, 2.45) is 5.92 Å². The minimum absolute atomic E-state index is 0.00567. The van der Waals surface area contributed by atoms with Crippen LogP contribution < -0.4 is 14.4 Å². The molecule has 8 heteroatoms. The molecule has 1 fully saturated rings. The van der Waals surface area contributed by atoms with Gasteiger partial charge in [0.1, 0.15) is 11.5 Å². The molecule has 1 aliphatic rings. The molecule has 0 radical (unpaired) electrons. The lowest BCUT2D eigenvalue weighted by Gasteiger charge is -2.17. The number of nitrogens with zero attached hydrogens (tertiary/aromatic N) is 1. The van der Waals surface area contributed by atoms with E-state index in [4.69, 9.17) is 14.2 Å². The third-order valence-corrected chi connectivity index (χ3v) is 5.57. The Balaban J connectivity index is 1.29. The molecule has 0 spiro atoms. The van der Waals surface area contributed by atoms with Crippen LogP contribution in [0.25, 0.3) is 0 Å². The highest BCUT2D eigenvalue weighted by atomic mass is 16.5. The summed E-state index contributed by atoms with van der Waals surface area (Å²) < 4.78 is 15.7. The standard InChI is InChI=1S/C27H23NO7/c1-33-23-9-5-8-21(15-23)28-16-20(14-25(28)30)26(31)34-17-24(29)18-10-12-22(13-11-18)35-27(32)19-6-3-2-4-7-19/h2-13,15,20H,14,16-17H2,1H3/t20-/m1/s1. The Morgan fingerprint density at radius 2 is 1.63 bits per heavy atom. The number of methoxy groups -OCH3 is 1. The van der Waals surface area contributed by atoms with Gasteiger partial charge in [0.15, 0.2) is 12.4 Å². The van der Waals surface area contributed by atoms with Crippen LogP contribution >= 0.6 is 0 Å². The third-order valence-electron chi connectivity index (χ3n) is 5.57. The molecule has 8 nitrogen and oxygen atoms in total. The van der Waals surface area contributed by atoms with E-state index in [-0.39, 0.29) is 24.6 Å². The molecule has 0 saturated carbocycles. The molecule has 1 saturated heterocycles. The number of carbonyl (C=O) groups excluding carboxylic acids is 4. The first-order chi connectivity index (χ1) is 16.9. The van der Waals surface area contributed by atoms with E-state index >= 15 is 0 Å². The minimum Gasteiger partial charge on any atom is -0.497 e. The van der Waals surface area contributed by atoms with E-state index in [2.05, 4.69) is 0 Å². The predicted octanol–water partition coefficient (Wildman–Crippen LogP) is 3.69. The maximum absolute atomic E-state index is 12.5. The average molecular weight is 473 g/mol. The van der Waals surface area contributed by atoms with E-state index in [1.54, 1.807) is 54.6 Å². The molecule has 0 unspecified atom stereocenters. The number of benzene rings is 3. The van der Waals surface area contributed by atoms with Crippen LogP contribution in [0.2, 0.25) is 0 Å². The van der Waals surface area contributed by atoms with Gasteiger partial charge in [0.05, 0.1) is 18.6 Å². The molecule has 35 heavy (non-hydrogen) atoms. The molecule has 1 aliphatic heterocycles. The van der Waals surface area contributed by atoms with Crippen LogP contribution in [0.5, 0.6) is 11.5 Å². The number of carbonyl (C=O) groups is 4. The number of anilines is 1. The second-order valence-electron chi connectivity index (χ2n) is 7.92. The van der Waals surface area contributed by atoms with Gasteiger partial charge in [-0.25, -0.2) is 4.79 Å². The summed E-state index contributed by atoms with van der Waals surface area (Å²) in [5, 5.41) is 0. The SMILES string of the molecule is COc1cccc(N2C[C@H](C(=O)OCC(=O)c3ccc(OC(=O)c4ccccc4)cc3)CC2=O)c1. The van der Waals surface area contributed by atoms with Gasteiger partial charge in [0.2, 0.25) is 5.91 Å². The van der Waals surface area contributed by atoms with Gasteiger partial charge in [-0.05, 0) is 48.5 Å². The van der Waals surface area contributed by atoms with Gasteiger partial charge in [-0.1, -0.05) is 24.3 Å². The highest BCUT2D eigenvalue weighted by Crippen LogP contribution is 2.28. The maximum Gasteiger partial charge on any atom is 0.343 e. The zero-order valence-electron chi connectivity index (χ0n) is 19.0.